The Hall–Kier alpha value is -1.77. The molecule has 0 aliphatic carbocycles. The molecule has 3 rings (SSSR count). The van der Waals surface area contributed by atoms with E-state index in [4.69, 9.17) is 2.85 Å². The van der Waals surface area contributed by atoms with E-state index >= 15 is 0 Å². The van der Waals surface area contributed by atoms with E-state index in [-0.39, 0.29) is 0 Å². The van der Waals surface area contributed by atoms with Gasteiger partial charge in [0.15, 0.2) is 0 Å². The predicted molar refractivity (Wildman–Crippen MR) is 107 cm³/mol. The molecule has 2 heteroatoms. The van der Waals surface area contributed by atoms with Crippen molar-refractivity contribution in [3.05, 3.63) is 120 Å². The Morgan fingerprint density at radius 3 is 1.27 bits per heavy atom. The van der Waals surface area contributed by atoms with Crippen LogP contribution in [0.5, 0.6) is 0 Å². The van der Waals surface area contributed by atoms with Gasteiger partial charge in [-0.1, -0.05) is 0 Å². The quantitative estimate of drug-likeness (QED) is 0.260. The van der Waals surface area contributed by atoms with Gasteiger partial charge < -0.3 is 0 Å². The molecule has 0 atom stereocenters. The number of hydrogen-bond donors (Lipinski definition) is 0. The van der Waals surface area contributed by atoms with Crippen molar-refractivity contribution in [2.45, 2.75) is 12.5 Å². The standard InChI is InChI=1S/3C7H7.C3H5O.Hf/c3*1-7-5-3-2-4-6-7;1-2-3-4;/h3*2-6H,1H2;2H,1,3H2;/q;;;-1;+1. The third kappa shape index (κ3) is 5.62. The Morgan fingerprint density at radius 1 is 0.615 bits per heavy atom. The van der Waals surface area contributed by atoms with Gasteiger partial charge in [0.05, 0.1) is 0 Å². The molecule has 132 valence electrons. The zero-order valence-corrected chi connectivity index (χ0v) is 18.8. The summed E-state index contributed by atoms with van der Waals surface area (Å²) in [5.41, 5.74) is 4.18. The van der Waals surface area contributed by atoms with Crippen LogP contribution in [0.15, 0.2) is 104 Å². The molecule has 0 saturated carbocycles. The molecule has 0 aliphatic heterocycles. The van der Waals surface area contributed by atoms with E-state index in [9.17, 15) is 0 Å². The van der Waals surface area contributed by atoms with Crippen LogP contribution in [0.2, 0.25) is 0 Å². The first-order chi connectivity index (χ1) is 12.8. The SMILES string of the molecule is C=CC[O][Hf]([CH2]c1ccccc1)([CH2]c1ccccc1)[CH2]c1ccccc1. The van der Waals surface area contributed by atoms with Crippen molar-refractivity contribution in [3.63, 3.8) is 0 Å². The summed E-state index contributed by atoms with van der Waals surface area (Å²) < 4.78 is 9.96. The van der Waals surface area contributed by atoms with E-state index in [0.717, 1.165) is 12.5 Å². The van der Waals surface area contributed by atoms with Crippen molar-refractivity contribution >= 4 is 0 Å². The molecule has 3 aromatic carbocycles. The summed E-state index contributed by atoms with van der Waals surface area (Å²) in [4.78, 5) is 0. The second-order valence-electron chi connectivity index (χ2n) is 6.77. The van der Waals surface area contributed by atoms with Crippen molar-refractivity contribution in [1.29, 1.82) is 0 Å². The molecule has 1 nitrogen and oxygen atoms in total. The van der Waals surface area contributed by atoms with E-state index < -0.39 is 20.4 Å². The summed E-state index contributed by atoms with van der Waals surface area (Å²) in [5, 5.41) is 0. The molecule has 0 aliphatic rings. The van der Waals surface area contributed by atoms with Crippen LogP contribution in [-0.4, -0.2) is 6.61 Å². The van der Waals surface area contributed by atoms with Gasteiger partial charge in [0, 0.05) is 0 Å². The summed E-state index contributed by atoms with van der Waals surface area (Å²) >= 11 is -3.19. The van der Waals surface area contributed by atoms with Crippen LogP contribution in [0.25, 0.3) is 0 Å². The molecule has 0 bridgehead atoms. The number of hydrogen-bond acceptors (Lipinski definition) is 1. The Labute approximate surface area is 162 Å². The predicted octanol–water partition coefficient (Wildman–Crippen LogP) is 5.86. The molecule has 0 saturated heterocycles. The molecule has 0 amide bonds. The molecule has 0 unspecified atom stereocenters. The normalized spacial score (nSPS) is 11.2. The Morgan fingerprint density at radius 2 is 0.962 bits per heavy atom. The van der Waals surface area contributed by atoms with Crippen molar-refractivity contribution < 1.29 is 23.3 Å². The molecule has 0 aromatic heterocycles. The first kappa shape index (κ1) is 19.0. The summed E-state index contributed by atoms with van der Waals surface area (Å²) in [7, 11) is 0. The number of benzene rings is 3. The van der Waals surface area contributed by atoms with Gasteiger partial charge in [0.2, 0.25) is 0 Å². The van der Waals surface area contributed by atoms with Gasteiger partial charge in [-0.05, 0) is 0 Å². The average molecular weight is 509 g/mol. The van der Waals surface area contributed by atoms with Gasteiger partial charge in [0.25, 0.3) is 0 Å². The fourth-order valence-corrected chi connectivity index (χ4v) is 18.2. The van der Waals surface area contributed by atoms with Gasteiger partial charge in [-0.2, -0.15) is 0 Å². The molecule has 3 aromatic rings. The van der Waals surface area contributed by atoms with Gasteiger partial charge in [-0.15, -0.1) is 0 Å². The molecule has 0 radical (unpaired) electrons. The molecule has 0 spiro atoms. The molecular formula is C24H26HfO. The first-order valence-corrected chi connectivity index (χ1v) is 18.3. The van der Waals surface area contributed by atoms with Crippen molar-refractivity contribution in [3.8, 4) is 0 Å². The van der Waals surface area contributed by atoms with Gasteiger partial charge >= 0.3 is 163 Å². The average Bonchev–Trinajstić information content (AvgIpc) is 2.69. The minimum absolute atomic E-state index is 0.647. The molecule has 0 fully saturated rings. The van der Waals surface area contributed by atoms with Crippen molar-refractivity contribution in [2.75, 3.05) is 6.61 Å². The van der Waals surface area contributed by atoms with E-state index in [1.807, 2.05) is 6.08 Å². The van der Waals surface area contributed by atoms with Crippen molar-refractivity contribution in [1.82, 2.24) is 0 Å². The molecule has 0 heterocycles. The zero-order valence-electron chi connectivity index (χ0n) is 15.2. The van der Waals surface area contributed by atoms with E-state index in [0.29, 0.717) is 6.61 Å². The number of rotatable bonds is 9. The summed E-state index contributed by atoms with van der Waals surface area (Å²) in [6.45, 7) is 4.54. The second kappa shape index (κ2) is 9.80. The van der Waals surface area contributed by atoms with Gasteiger partial charge in [-0.3, -0.25) is 0 Å². The van der Waals surface area contributed by atoms with E-state index in [1.54, 1.807) is 0 Å². The third-order valence-corrected chi connectivity index (χ3v) is 18.8. The van der Waals surface area contributed by atoms with E-state index in [2.05, 4.69) is 97.6 Å². The second-order valence-corrected chi connectivity index (χ2v) is 20.1. The van der Waals surface area contributed by atoms with Gasteiger partial charge in [-0.25, -0.2) is 0 Å². The minimum atomic E-state index is -3.19. The molecule has 0 N–H and O–H groups in total. The van der Waals surface area contributed by atoms with Crippen molar-refractivity contribution in [2.24, 2.45) is 0 Å². The Bertz CT molecular complexity index is 683. The Balaban J connectivity index is 1.95. The van der Waals surface area contributed by atoms with Crippen LogP contribution >= 0.6 is 0 Å². The summed E-state index contributed by atoms with van der Waals surface area (Å²) in [6, 6.07) is 32.5. The summed E-state index contributed by atoms with van der Waals surface area (Å²) in [5.74, 6) is 0. The van der Waals surface area contributed by atoms with Crippen LogP contribution in [0.4, 0.5) is 0 Å². The third-order valence-electron chi connectivity index (χ3n) is 4.61. The topological polar surface area (TPSA) is 9.23 Å². The molecule has 26 heavy (non-hydrogen) atoms. The molecular weight excluding hydrogens is 483 g/mol. The van der Waals surface area contributed by atoms with Crippen LogP contribution < -0.4 is 0 Å². The van der Waals surface area contributed by atoms with E-state index in [1.165, 1.54) is 16.7 Å². The summed E-state index contributed by atoms with van der Waals surface area (Å²) in [6.07, 6.45) is 1.90. The fraction of sp³-hybridized carbons (Fsp3) is 0.167. The fourth-order valence-electron chi connectivity index (χ4n) is 3.48. The Kier molecular flexibility index (Phi) is 7.16. The monoisotopic (exact) mass is 510 g/mol. The maximum atomic E-state index is 6.69. The van der Waals surface area contributed by atoms with Crippen LogP contribution in [-0.2, 0) is 35.8 Å². The van der Waals surface area contributed by atoms with Crippen LogP contribution in [0.1, 0.15) is 16.7 Å². The van der Waals surface area contributed by atoms with Crippen LogP contribution in [0.3, 0.4) is 0 Å². The van der Waals surface area contributed by atoms with Gasteiger partial charge in [0.1, 0.15) is 0 Å². The zero-order chi connectivity index (χ0) is 18.1. The first-order valence-electron chi connectivity index (χ1n) is 9.16. The van der Waals surface area contributed by atoms with Crippen LogP contribution in [0, 0.1) is 0 Å². The maximum absolute atomic E-state index is 6.69.